The first-order chi connectivity index (χ1) is 13.9. The van der Waals surface area contributed by atoms with E-state index in [-0.39, 0.29) is 22.2 Å². The molecule has 2 heterocycles. The van der Waals surface area contributed by atoms with Gasteiger partial charge in [0.25, 0.3) is 0 Å². The molecule has 0 saturated heterocycles. The number of nitrogens with one attached hydrogen (secondary N) is 1. The summed E-state index contributed by atoms with van der Waals surface area (Å²) in [5, 5.41) is 3.76. The van der Waals surface area contributed by atoms with Gasteiger partial charge in [0.15, 0.2) is 0 Å². The van der Waals surface area contributed by atoms with Crippen LogP contribution in [-0.2, 0) is 21.2 Å². The van der Waals surface area contributed by atoms with Crippen molar-refractivity contribution in [2.75, 3.05) is 5.32 Å². The van der Waals surface area contributed by atoms with Crippen molar-refractivity contribution in [3.05, 3.63) is 84.3 Å². The molecule has 0 spiro atoms. The monoisotopic (exact) mass is 425 g/mol. The summed E-state index contributed by atoms with van der Waals surface area (Å²) in [5.74, 6) is -0.283. The van der Waals surface area contributed by atoms with Crippen molar-refractivity contribution in [1.29, 1.82) is 0 Å². The first-order valence-electron chi connectivity index (χ1n) is 8.73. The second-order valence-electron chi connectivity index (χ2n) is 6.39. The Morgan fingerprint density at radius 1 is 1.03 bits per heavy atom. The highest BCUT2D eigenvalue weighted by Crippen LogP contribution is 2.30. The van der Waals surface area contributed by atoms with Gasteiger partial charge >= 0.3 is 0 Å². The van der Waals surface area contributed by atoms with Crippen molar-refractivity contribution in [3.63, 3.8) is 0 Å². The number of anilines is 1. The lowest BCUT2D eigenvalue weighted by Gasteiger charge is -2.06. The van der Waals surface area contributed by atoms with Gasteiger partial charge in [0.1, 0.15) is 6.54 Å². The normalized spacial score (nSPS) is 11.5. The van der Waals surface area contributed by atoms with Crippen LogP contribution in [0.3, 0.4) is 0 Å². The molecule has 0 aliphatic rings. The maximum absolute atomic E-state index is 13.2. The summed E-state index contributed by atoms with van der Waals surface area (Å²) in [7, 11) is -3.78. The molecule has 0 radical (unpaired) electrons. The van der Waals surface area contributed by atoms with Gasteiger partial charge in [-0.25, -0.2) is 8.42 Å². The number of carbonyl (C=O) groups is 1. The highest BCUT2D eigenvalue weighted by atomic mass is 35.5. The molecule has 0 saturated carbocycles. The van der Waals surface area contributed by atoms with Crippen molar-refractivity contribution in [2.24, 2.45) is 0 Å². The number of aromatic nitrogens is 2. The molecule has 2 aromatic heterocycles. The van der Waals surface area contributed by atoms with Crippen LogP contribution in [0.5, 0.6) is 0 Å². The average molecular weight is 426 g/mol. The molecule has 8 heteroatoms. The Morgan fingerprint density at radius 3 is 2.52 bits per heavy atom. The van der Waals surface area contributed by atoms with E-state index in [1.807, 2.05) is 0 Å². The van der Waals surface area contributed by atoms with E-state index in [1.165, 1.54) is 30.5 Å². The summed E-state index contributed by atoms with van der Waals surface area (Å²) in [4.78, 5) is 16.7. The number of benzene rings is 2. The van der Waals surface area contributed by atoms with Crippen molar-refractivity contribution in [2.45, 2.75) is 16.3 Å². The fraction of sp³-hybridized carbons (Fsp3) is 0.0476. The van der Waals surface area contributed by atoms with Crippen LogP contribution in [0.2, 0.25) is 5.02 Å². The van der Waals surface area contributed by atoms with Crippen molar-refractivity contribution < 1.29 is 13.2 Å². The van der Waals surface area contributed by atoms with Gasteiger partial charge in [0.05, 0.1) is 21.7 Å². The van der Waals surface area contributed by atoms with E-state index < -0.39 is 9.84 Å². The molecule has 1 N–H and O–H groups in total. The summed E-state index contributed by atoms with van der Waals surface area (Å²) >= 11 is 5.88. The van der Waals surface area contributed by atoms with E-state index in [4.69, 9.17) is 11.6 Å². The number of carbonyl (C=O) groups excluding carboxylic acids is 1. The quantitative estimate of drug-likeness (QED) is 0.520. The highest BCUT2D eigenvalue weighted by molar-refractivity contribution is 7.91. The summed E-state index contributed by atoms with van der Waals surface area (Å²) < 4.78 is 28.0. The number of halogens is 1. The van der Waals surface area contributed by atoms with Crippen LogP contribution in [0.1, 0.15) is 0 Å². The molecule has 146 valence electrons. The maximum atomic E-state index is 13.2. The van der Waals surface area contributed by atoms with Gasteiger partial charge in [-0.15, -0.1) is 0 Å². The molecule has 0 atom stereocenters. The number of sulfone groups is 1. The van der Waals surface area contributed by atoms with E-state index >= 15 is 0 Å². The smallest absolute Gasteiger partial charge is 0.244 e. The summed E-state index contributed by atoms with van der Waals surface area (Å²) in [6.07, 6.45) is 4.66. The highest BCUT2D eigenvalue weighted by Gasteiger charge is 2.23. The van der Waals surface area contributed by atoms with Crippen LogP contribution >= 0.6 is 11.6 Å². The number of hydrogen-bond acceptors (Lipinski definition) is 4. The van der Waals surface area contributed by atoms with Gasteiger partial charge in [-0.2, -0.15) is 0 Å². The molecule has 0 aliphatic carbocycles. The van der Waals surface area contributed by atoms with Gasteiger partial charge in [-0.3, -0.25) is 9.78 Å². The molecule has 0 aliphatic heterocycles. The summed E-state index contributed by atoms with van der Waals surface area (Å²) in [6, 6.07) is 16.6. The third kappa shape index (κ3) is 3.87. The Balaban J connectivity index is 1.72. The van der Waals surface area contributed by atoms with E-state index in [0.717, 1.165) is 0 Å². The van der Waals surface area contributed by atoms with Crippen LogP contribution in [0, 0.1) is 0 Å². The van der Waals surface area contributed by atoms with Gasteiger partial charge in [0.2, 0.25) is 15.7 Å². The van der Waals surface area contributed by atoms with Gasteiger partial charge in [-0.05, 0) is 42.5 Å². The molecule has 4 rings (SSSR count). The topological polar surface area (TPSA) is 81.1 Å². The van der Waals surface area contributed by atoms with E-state index in [1.54, 1.807) is 53.4 Å². The molecule has 1 amide bonds. The standard InChI is InChI=1S/C21H16ClN3O3S/c22-15-7-9-17(10-8-15)29(27,28)20-13-25(19-6-2-1-5-18(19)20)14-21(26)24-16-4-3-11-23-12-16/h1-13H,14H2,(H,24,26). The van der Waals surface area contributed by atoms with Crippen molar-refractivity contribution >= 4 is 43.9 Å². The lowest BCUT2D eigenvalue weighted by molar-refractivity contribution is -0.116. The lowest BCUT2D eigenvalue weighted by Crippen LogP contribution is -2.18. The number of hydrogen-bond donors (Lipinski definition) is 1. The van der Waals surface area contributed by atoms with Gasteiger partial charge in [0, 0.05) is 28.3 Å². The van der Waals surface area contributed by atoms with Gasteiger partial charge in [-0.1, -0.05) is 29.8 Å². The summed E-state index contributed by atoms with van der Waals surface area (Å²) in [6.45, 7) is -0.0362. The Hall–Kier alpha value is -3.16. The summed E-state index contributed by atoms with van der Waals surface area (Å²) in [5.41, 5.74) is 1.23. The Labute approximate surface area is 172 Å². The second-order valence-corrected chi connectivity index (χ2v) is 8.74. The number of fused-ring (bicyclic) bond motifs is 1. The fourth-order valence-corrected chi connectivity index (χ4v) is 4.69. The molecule has 0 unspecified atom stereocenters. The largest absolute Gasteiger partial charge is 0.337 e. The predicted octanol–water partition coefficient (Wildman–Crippen LogP) is 4.16. The molecule has 29 heavy (non-hydrogen) atoms. The predicted molar refractivity (Wildman–Crippen MR) is 112 cm³/mol. The number of para-hydroxylation sites is 1. The molecule has 0 bridgehead atoms. The van der Waals surface area contributed by atoms with Crippen LogP contribution in [-0.4, -0.2) is 23.9 Å². The molecule has 4 aromatic rings. The zero-order valence-electron chi connectivity index (χ0n) is 15.1. The van der Waals surface area contributed by atoms with E-state index in [2.05, 4.69) is 10.3 Å². The minimum atomic E-state index is -3.78. The molecule has 0 fully saturated rings. The molecule has 6 nitrogen and oxygen atoms in total. The SMILES string of the molecule is O=C(Cn1cc(S(=O)(=O)c2ccc(Cl)cc2)c2ccccc21)Nc1cccnc1. The average Bonchev–Trinajstić information content (AvgIpc) is 3.08. The van der Waals surface area contributed by atoms with Gasteiger partial charge < -0.3 is 9.88 Å². The minimum Gasteiger partial charge on any atom is -0.337 e. The first-order valence-corrected chi connectivity index (χ1v) is 10.6. The first kappa shape index (κ1) is 19.2. The van der Waals surface area contributed by atoms with Crippen molar-refractivity contribution in [1.82, 2.24) is 9.55 Å². The van der Waals surface area contributed by atoms with Crippen LogP contribution in [0.4, 0.5) is 5.69 Å². The number of amides is 1. The van der Waals surface area contributed by atoms with Crippen LogP contribution in [0.25, 0.3) is 10.9 Å². The number of pyridine rings is 1. The zero-order valence-corrected chi connectivity index (χ0v) is 16.7. The third-order valence-electron chi connectivity index (χ3n) is 4.42. The Morgan fingerprint density at radius 2 is 1.79 bits per heavy atom. The molecular formula is C21H16ClN3O3S. The van der Waals surface area contributed by atoms with E-state index in [9.17, 15) is 13.2 Å². The molecular weight excluding hydrogens is 410 g/mol. The fourth-order valence-electron chi connectivity index (χ4n) is 3.09. The molecule has 2 aromatic carbocycles. The minimum absolute atomic E-state index is 0.0362. The van der Waals surface area contributed by atoms with Crippen molar-refractivity contribution in [3.8, 4) is 0 Å². The lowest BCUT2D eigenvalue weighted by atomic mass is 10.2. The van der Waals surface area contributed by atoms with E-state index in [0.29, 0.717) is 21.6 Å². The zero-order chi connectivity index (χ0) is 20.4. The third-order valence-corrected chi connectivity index (χ3v) is 6.47. The maximum Gasteiger partial charge on any atom is 0.244 e. The Kier molecular flexibility index (Phi) is 5.08. The number of nitrogens with zero attached hydrogens (tertiary/aromatic N) is 2. The Bertz CT molecular complexity index is 1280. The van der Waals surface area contributed by atoms with Crippen LogP contribution < -0.4 is 5.32 Å². The number of rotatable bonds is 5. The second kappa shape index (κ2) is 7.69. The van der Waals surface area contributed by atoms with Crippen LogP contribution in [0.15, 0.2) is 89.0 Å².